The van der Waals surface area contributed by atoms with Gasteiger partial charge in [0.1, 0.15) is 0 Å². The third kappa shape index (κ3) is 5.94. The number of rotatable bonds is 7. The minimum absolute atomic E-state index is 0.105. The SMILES string of the molecule is CC1(C)c2cc(C(Cc3ccccc3-c3ccccc3)c3ccc(-c4cccc5c4sc4ccccc45)cc3)ccc2-c2cc3c(cc21)C(C)(C)c1cccc(-c2ccccc2)c1-3. The van der Waals surface area contributed by atoms with Crippen molar-refractivity contribution in [2.75, 3.05) is 0 Å². The van der Waals surface area contributed by atoms with Crippen LogP contribution in [0.5, 0.6) is 0 Å². The number of hydrogen-bond acceptors (Lipinski definition) is 1. The molecule has 1 unspecified atom stereocenters. The van der Waals surface area contributed by atoms with Gasteiger partial charge in [-0.05, 0) is 113 Å². The van der Waals surface area contributed by atoms with Crippen LogP contribution in [-0.2, 0) is 17.3 Å². The zero-order valence-electron chi connectivity index (χ0n) is 36.2. The Kier molecular flexibility index (Phi) is 8.65. The molecule has 1 heterocycles. The van der Waals surface area contributed by atoms with Gasteiger partial charge < -0.3 is 0 Å². The molecule has 0 amide bonds. The molecule has 2 aliphatic carbocycles. The average molecular weight is 825 g/mol. The maximum atomic E-state index is 2.57. The summed E-state index contributed by atoms with van der Waals surface area (Å²) in [5.74, 6) is 0.151. The third-order valence-electron chi connectivity index (χ3n) is 14.6. The molecule has 302 valence electrons. The average Bonchev–Trinajstić information content (AvgIpc) is 3.90. The van der Waals surface area contributed by atoms with Crippen molar-refractivity contribution >= 4 is 31.5 Å². The molecule has 0 fully saturated rings. The highest BCUT2D eigenvalue weighted by Crippen LogP contribution is 2.58. The lowest BCUT2D eigenvalue weighted by molar-refractivity contribution is 0.638. The highest BCUT2D eigenvalue weighted by Gasteiger charge is 2.42. The van der Waals surface area contributed by atoms with E-state index in [-0.39, 0.29) is 16.7 Å². The third-order valence-corrected chi connectivity index (χ3v) is 15.8. The zero-order chi connectivity index (χ0) is 42.5. The fraction of sp³-hybridized carbons (Fsp3) is 0.129. The van der Waals surface area contributed by atoms with E-state index >= 15 is 0 Å². The van der Waals surface area contributed by atoms with Gasteiger partial charge in [0.05, 0.1) is 0 Å². The van der Waals surface area contributed by atoms with Crippen molar-refractivity contribution in [2.45, 2.75) is 50.9 Å². The highest BCUT2D eigenvalue weighted by molar-refractivity contribution is 7.26. The number of thiophene rings is 1. The van der Waals surface area contributed by atoms with Gasteiger partial charge in [0.2, 0.25) is 0 Å². The standard InChI is InChI=1S/C62H48S/c1-61(2)54-27-16-24-46(40-19-9-6-10-20-40)59(54)53-37-52-48-34-33-44(36-55(48)62(3,4)56(52)38-57(53)61)51(35-43-21-11-12-22-45(43)39-17-7-5-8-18-39)42-31-29-41(30-32-42)47-25-15-26-50-49-23-13-14-28-58(49)63-60(47)50/h5-34,36-38,51H,35H2,1-4H3. The van der Waals surface area contributed by atoms with Crippen molar-refractivity contribution < 1.29 is 0 Å². The Bertz CT molecular complexity index is 3400. The molecule has 9 aromatic carbocycles. The van der Waals surface area contributed by atoms with Crippen molar-refractivity contribution in [1.82, 2.24) is 0 Å². The van der Waals surface area contributed by atoms with Crippen LogP contribution < -0.4 is 0 Å². The summed E-state index contributed by atoms with van der Waals surface area (Å²) < 4.78 is 2.69. The van der Waals surface area contributed by atoms with Crippen molar-refractivity contribution in [3.05, 3.63) is 239 Å². The molecule has 0 bridgehead atoms. The maximum Gasteiger partial charge on any atom is 0.0433 e. The van der Waals surface area contributed by atoms with Gasteiger partial charge in [0, 0.05) is 36.9 Å². The molecular weight excluding hydrogens is 777 g/mol. The van der Waals surface area contributed by atoms with E-state index in [1.807, 2.05) is 11.3 Å². The van der Waals surface area contributed by atoms with Crippen LogP contribution in [0.25, 0.3) is 75.8 Å². The topological polar surface area (TPSA) is 0 Å². The second-order valence-electron chi connectivity index (χ2n) is 18.8. The first kappa shape index (κ1) is 37.9. The fourth-order valence-electron chi connectivity index (χ4n) is 11.2. The predicted octanol–water partition coefficient (Wildman–Crippen LogP) is 17.0. The van der Waals surface area contributed by atoms with Gasteiger partial charge in [0.15, 0.2) is 0 Å². The molecule has 1 atom stereocenters. The van der Waals surface area contributed by atoms with E-state index in [1.165, 1.54) is 115 Å². The molecule has 0 aliphatic heterocycles. The van der Waals surface area contributed by atoms with Crippen LogP contribution in [0.2, 0.25) is 0 Å². The monoisotopic (exact) mass is 824 g/mol. The number of benzene rings is 9. The number of hydrogen-bond donors (Lipinski definition) is 0. The molecule has 0 nitrogen and oxygen atoms in total. The van der Waals surface area contributed by atoms with E-state index in [0.717, 1.165) is 6.42 Å². The van der Waals surface area contributed by atoms with E-state index in [9.17, 15) is 0 Å². The zero-order valence-corrected chi connectivity index (χ0v) is 37.1. The van der Waals surface area contributed by atoms with Crippen molar-refractivity contribution in [3.63, 3.8) is 0 Å². The Morgan fingerprint density at radius 2 is 0.952 bits per heavy atom. The van der Waals surface area contributed by atoms with Gasteiger partial charge in [-0.3, -0.25) is 0 Å². The van der Waals surface area contributed by atoms with E-state index in [4.69, 9.17) is 0 Å². The highest BCUT2D eigenvalue weighted by atomic mass is 32.1. The van der Waals surface area contributed by atoms with Gasteiger partial charge in [-0.1, -0.05) is 216 Å². The smallest absolute Gasteiger partial charge is 0.0433 e. The minimum atomic E-state index is -0.165. The van der Waals surface area contributed by atoms with Gasteiger partial charge in [0.25, 0.3) is 0 Å². The summed E-state index contributed by atoms with van der Waals surface area (Å²) in [7, 11) is 0. The second kappa shape index (κ2) is 14.4. The second-order valence-corrected chi connectivity index (χ2v) is 19.8. The lowest BCUT2D eigenvalue weighted by Gasteiger charge is -2.27. The summed E-state index contributed by atoms with van der Waals surface area (Å²) in [5.41, 5.74) is 22.7. The molecule has 12 rings (SSSR count). The summed E-state index contributed by atoms with van der Waals surface area (Å²) >= 11 is 1.90. The predicted molar refractivity (Wildman–Crippen MR) is 269 cm³/mol. The van der Waals surface area contributed by atoms with Crippen LogP contribution >= 0.6 is 11.3 Å². The Morgan fingerprint density at radius 3 is 1.75 bits per heavy atom. The molecular formula is C62H48S. The minimum Gasteiger partial charge on any atom is -0.135 e. The maximum absolute atomic E-state index is 2.57. The molecule has 0 radical (unpaired) electrons. The Balaban J connectivity index is 0.986. The van der Waals surface area contributed by atoms with Gasteiger partial charge in [-0.15, -0.1) is 11.3 Å². The Labute approximate surface area is 375 Å². The summed E-state index contributed by atoms with van der Waals surface area (Å²) in [6.07, 6.45) is 0.893. The van der Waals surface area contributed by atoms with E-state index in [1.54, 1.807) is 0 Å². The van der Waals surface area contributed by atoms with Crippen LogP contribution in [0.1, 0.15) is 72.6 Å². The summed E-state index contributed by atoms with van der Waals surface area (Å²) in [5, 5.41) is 2.67. The quantitative estimate of drug-likeness (QED) is 0.150. The van der Waals surface area contributed by atoms with Crippen LogP contribution in [0.4, 0.5) is 0 Å². The van der Waals surface area contributed by atoms with Crippen molar-refractivity contribution in [1.29, 1.82) is 0 Å². The van der Waals surface area contributed by atoms with E-state index in [2.05, 4.69) is 228 Å². The lowest BCUT2D eigenvalue weighted by atomic mass is 9.76. The van der Waals surface area contributed by atoms with Crippen LogP contribution in [0, 0.1) is 0 Å². The molecule has 63 heavy (non-hydrogen) atoms. The lowest BCUT2D eigenvalue weighted by Crippen LogP contribution is -2.19. The molecule has 0 saturated heterocycles. The van der Waals surface area contributed by atoms with E-state index in [0.29, 0.717) is 0 Å². The summed E-state index contributed by atoms with van der Waals surface area (Å²) in [6.45, 7) is 9.72. The van der Waals surface area contributed by atoms with Crippen LogP contribution in [0.15, 0.2) is 200 Å². The van der Waals surface area contributed by atoms with Crippen molar-refractivity contribution in [2.24, 2.45) is 0 Å². The largest absolute Gasteiger partial charge is 0.135 e. The van der Waals surface area contributed by atoms with Gasteiger partial charge in [-0.2, -0.15) is 0 Å². The molecule has 0 saturated carbocycles. The van der Waals surface area contributed by atoms with Crippen LogP contribution in [0.3, 0.4) is 0 Å². The summed E-state index contributed by atoms with van der Waals surface area (Å²) in [6, 6.07) is 75.4. The van der Waals surface area contributed by atoms with E-state index < -0.39 is 0 Å². The van der Waals surface area contributed by atoms with Gasteiger partial charge in [-0.25, -0.2) is 0 Å². The summed E-state index contributed by atoms with van der Waals surface area (Å²) in [4.78, 5) is 0. The fourth-order valence-corrected chi connectivity index (χ4v) is 12.5. The van der Waals surface area contributed by atoms with Crippen LogP contribution in [-0.4, -0.2) is 0 Å². The van der Waals surface area contributed by atoms with Gasteiger partial charge >= 0.3 is 0 Å². The first-order valence-corrected chi connectivity index (χ1v) is 23.2. The van der Waals surface area contributed by atoms with Crippen molar-refractivity contribution in [3.8, 4) is 55.6 Å². The molecule has 1 aromatic heterocycles. The first-order valence-electron chi connectivity index (χ1n) is 22.4. The number of fused-ring (bicyclic) bond motifs is 9. The molecule has 0 spiro atoms. The first-order chi connectivity index (χ1) is 30.8. The Morgan fingerprint density at radius 1 is 0.381 bits per heavy atom. The molecule has 2 aliphatic rings. The molecule has 0 N–H and O–H groups in total. The molecule has 10 aromatic rings. The Hall–Kier alpha value is -6.80. The normalized spacial score (nSPS) is 14.6. The molecule has 1 heteroatoms.